The van der Waals surface area contributed by atoms with E-state index in [9.17, 15) is 8.78 Å². The summed E-state index contributed by atoms with van der Waals surface area (Å²) in [4.78, 5) is 0. The molecule has 2 nitrogen and oxygen atoms in total. The van der Waals surface area contributed by atoms with Crippen LogP contribution in [0.2, 0.25) is 0 Å². The van der Waals surface area contributed by atoms with Gasteiger partial charge in [-0.2, -0.15) is 0 Å². The lowest BCUT2D eigenvalue weighted by Crippen LogP contribution is -2.17. The monoisotopic (exact) mass is 269 g/mol. The van der Waals surface area contributed by atoms with Gasteiger partial charge >= 0.3 is 0 Å². The minimum Gasteiger partial charge on any atom is -0.484 e. The van der Waals surface area contributed by atoms with Crippen LogP contribution in [-0.2, 0) is 6.42 Å². The summed E-state index contributed by atoms with van der Waals surface area (Å²) in [6, 6.07) is 2.64. The molecular formula is C15H21F2NO. The van der Waals surface area contributed by atoms with Crippen molar-refractivity contribution >= 4 is 0 Å². The Bertz CT molecular complexity index is 392. The molecule has 0 amide bonds. The van der Waals surface area contributed by atoms with Gasteiger partial charge in [-0.1, -0.05) is 12.8 Å². The Hall–Kier alpha value is -1.16. The van der Waals surface area contributed by atoms with Gasteiger partial charge in [-0.25, -0.2) is 8.78 Å². The van der Waals surface area contributed by atoms with Gasteiger partial charge in [0.05, 0.1) is 6.10 Å². The lowest BCUT2D eigenvalue weighted by atomic mass is 10.1. The summed E-state index contributed by atoms with van der Waals surface area (Å²) in [5.41, 5.74) is 5.96. The molecule has 19 heavy (non-hydrogen) atoms. The highest BCUT2D eigenvalue weighted by atomic mass is 19.1. The molecule has 0 atom stereocenters. The van der Waals surface area contributed by atoms with Gasteiger partial charge in [-0.15, -0.1) is 0 Å². The molecule has 0 aliphatic heterocycles. The Labute approximate surface area is 112 Å². The molecule has 1 aromatic rings. The highest BCUT2D eigenvalue weighted by molar-refractivity contribution is 5.31. The summed E-state index contributed by atoms with van der Waals surface area (Å²) in [5.74, 6) is -1.46. The van der Waals surface area contributed by atoms with Crippen LogP contribution in [0.15, 0.2) is 12.1 Å². The maximum atomic E-state index is 13.9. The molecule has 106 valence electrons. The Morgan fingerprint density at radius 3 is 2.16 bits per heavy atom. The van der Waals surface area contributed by atoms with Crippen LogP contribution in [0, 0.1) is 11.6 Å². The van der Waals surface area contributed by atoms with Gasteiger partial charge in [-0.05, 0) is 56.3 Å². The van der Waals surface area contributed by atoms with E-state index in [2.05, 4.69) is 0 Å². The van der Waals surface area contributed by atoms with Gasteiger partial charge < -0.3 is 10.5 Å². The molecular weight excluding hydrogens is 248 g/mol. The predicted octanol–water partition coefficient (Wildman–Crippen LogP) is 3.57. The number of hydrogen-bond donors (Lipinski definition) is 1. The van der Waals surface area contributed by atoms with Crippen LogP contribution in [-0.4, -0.2) is 12.6 Å². The van der Waals surface area contributed by atoms with E-state index < -0.39 is 11.6 Å². The van der Waals surface area contributed by atoms with Gasteiger partial charge in [0, 0.05) is 0 Å². The molecule has 4 heteroatoms. The standard InChI is InChI=1S/C15H21F2NO/c16-13-9-11(7-8-18)10-14(17)15(13)19-12-5-3-1-2-4-6-12/h9-10,12H,1-8,18H2. The number of rotatable bonds is 4. The first-order valence-corrected chi connectivity index (χ1v) is 7.05. The minimum atomic E-state index is -0.618. The summed E-state index contributed by atoms with van der Waals surface area (Å²) in [7, 11) is 0. The van der Waals surface area contributed by atoms with Crippen molar-refractivity contribution in [3.8, 4) is 5.75 Å². The second kappa shape index (κ2) is 6.85. The molecule has 0 radical (unpaired) electrons. The molecule has 0 aromatic heterocycles. The Kier molecular flexibility index (Phi) is 5.14. The first-order chi connectivity index (χ1) is 9.20. The molecule has 0 unspecified atom stereocenters. The van der Waals surface area contributed by atoms with Crippen LogP contribution in [0.3, 0.4) is 0 Å². The summed E-state index contributed by atoms with van der Waals surface area (Å²) in [5, 5.41) is 0. The van der Waals surface area contributed by atoms with Crippen molar-refractivity contribution in [3.05, 3.63) is 29.3 Å². The summed E-state index contributed by atoms with van der Waals surface area (Å²) in [6.07, 6.45) is 6.66. The van der Waals surface area contributed by atoms with Crippen LogP contribution >= 0.6 is 0 Å². The molecule has 0 saturated heterocycles. The van der Waals surface area contributed by atoms with E-state index in [4.69, 9.17) is 10.5 Å². The van der Waals surface area contributed by atoms with E-state index in [1.54, 1.807) is 0 Å². The zero-order chi connectivity index (χ0) is 13.7. The van der Waals surface area contributed by atoms with Gasteiger partial charge in [0.1, 0.15) is 0 Å². The minimum absolute atomic E-state index is 0.0631. The van der Waals surface area contributed by atoms with E-state index in [1.165, 1.54) is 25.0 Å². The van der Waals surface area contributed by atoms with Crippen molar-refractivity contribution in [2.75, 3.05) is 6.54 Å². The second-order valence-corrected chi connectivity index (χ2v) is 5.16. The maximum absolute atomic E-state index is 13.9. The average Bonchev–Trinajstić information content (AvgIpc) is 2.63. The molecule has 1 aromatic carbocycles. The van der Waals surface area contributed by atoms with Gasteiger partial charge in [0.15, 0.2) is 17.4 Å². The smallest absolute Gasteiger partial charge is 0.191 e. The third kappa shape index (κ3) is 3.90. The van der Waals surface area contributed by atoms with Crippen molar-refractivity contribution in [1.82, 2.24) is 0 Å². The zero-order valence-corrected chi connectivity index (χ0v) is 11.1. The van der Waals surface area contributed by atoms with Gasteiger partial charge in [-0.3, -0.25) is 0 Å². The lowest BCUT2D eigenvalue weighted by Gasteiger charge is -2.18. The fraction of sp³-hybridized carbons (Fsp3) is 0.600. The molecule has 2 N–H and O–H groups in total. The van der Waals surface area contributed by atoms with E-state index in [0.717, 1.165) is 25.7 Å². The van der Waals surface area contributed by atoms with Gasteiger partial charge in [0.25, 0.3) is 0 Å². The highest BCUT2D eigenvalue weighted by Crippen LogP contribution is 2.28. The van der Waals surface area contributed by atoms with E-state index in [1.807, 2.05) is 0 Å². The van der Waals surface area contributed by atoms with Crippen molar-refractivity contribution in [3.63, 3.8) is 0 Å². The Balaban J connectivity index is 2.10. The quantitative estimate of drug-likeness (QED) is 0.848. The SMILES string of the molecule is NCCc1cc(F)c(OC2CCCCCC2)c(F)c1. The highest BCUT2D eigenvalue weighted by Gasteiger charge is 2.19. The fourth-order valence-electron chi connectivity index (χ4n) is 2.56. The van der Waals surface area contributed by atoms with Crippen LogP contribution in [0.25, 0.3) is 0 Å². The number of nitrogens with two attached hydrogens (primary N) is 1. The first kappa shape index (κ1) is 14.3. The zero-order valence-electron chi connectivity index (χ0n) is 11.1. The van der Waals surface area contributed by atoms with E-state index in [-0.39, 0.29) is 11.9 Å². The summed E-state index contributed by atoms with van der Waals surface area (Å²) in [6.45, 7) is 0.377. The molecule has 1 fully saturated rings. The lowest BCUT2D eigenvalue weighted by molar-refractivity contribution is 0.167. The van der Waals surface area contributed by atoms with Crippen LogP contribution in [0.4, 0.5) is 8.78 Å². The number of hydrogen-bond acceptors (Lipinski definition) is 2. The second-order valence-electron chi connectivity index (χ2n) is 5.16. The number of benzene rings is 1. The predicted molar refractivity (Wildman–Crippen MR) is 71.2 cm³/mol. The molecule has 0 bridgehead atoms. The molecule has 0 spiro atoms. The first-order valence-electron chi connectivity index (χ1n) is 7.05. The molecule has 1 aliphatic rings. The van der Waals surface area contributed by atoms with E-state index >= 15 is 0 Å². The normalized spacial score (nSPS) is 17.2. The average molecular weight is 269 g/mol. The summed E-state index contributed by atoms with van der Waals surface area (Å²) >= 11 is 0. The van der Waals surface area contributed by atoms with Crippen molar-refractivity contribution in [2.45, 2.75) is 51.0 Å². The van der Waals surface area contributed by atoms with E-state index in [0.29, 0.717) is 18.5 Å². The fourth-order valence-corrected chi connectivity index (χ4v) is 2.56. The van der Waals surface area contributed by atoms with Crippen molar-refractivity contribution < 1.29 is 13.5 Å². The molecule has 2 rings (SSSR count). The number of halogens is 2. The van der Waals surface area contributed by atoms with Crippen LogP contribution in [0.5, 0.6) is 5.75 Å². The topological polar surface area (TPSA) is 35.2 Å². The maximum Gasteiger partial charge on any atom is 0.191 e. The molecule has 1 saturated carbocycles. The molecule has 1 aliphatic carbocycles. The summed E-state index contributed by atoms with van der Waals surface area (Å²) < 4.78 is 33.3. The third-order valence-corrected chi connectivity index (χ3v) is 3.58. The van der Waals surface area contributed by atoms with Crippen molar-refractivity contribution in [1.29, 1.82) is 0 Å². The third-order valence-electron chi connectivity index (χ3n) is 3.58. The van der Waals surface area contributed by atoms with Crippen LogP contribution < -0.4 is 10.5 Å². The Morgan fingerprint density at radius 1 is 1.05 bits per heavy atom. The van der Waals surface area contributed by atoms with Crippen molar-refractivity contribution in [2.24, 2.45) is 5.73 Å². The Morgan fingerprint density at radius 2 is 1.63 bits per heavy atom. The van der Waals surface area contributed by atoms with Gasteiger partial charge in [0.2, 0.25) is 0 Å². The largest absolute Gasteiger partial charge is 0.484 e. The number of ether oxygens (including phenoxy) is 1. The van der Waals surface area contributed by atoms with Crippen LogP contribution in [0.1, 0.15) is 44.1 Å². The molecule has 0 heterocycles.